The summed E-state index contributed by atoms with van der Waals surface area (Å²) < 4.78 is 182. The van der Waals surface area contributed by atoms with Crippen LogP contribution < -0.4 is 0 Å². The molecule has 0 aromatic heterocycles. The monoisotopic (exact) mass is 444 g/mol. The van der Waals surface area contributed by atoms with E-state index in [0.717, 1.165) is 0 Å². The summed E-state index contributed by atoms with van der Waals surface area (Å²) in [6.45, 7) is 0. The van der Waals surface area contributed by atoms with Crippen LogP contribution in [0.15, 0.2) is 0 Å². The Morgan fingerprint density at radius 2 is 0.792 bits per heavy atom. The van der Waals surface area contributed by atoms with E-state index < -0.39 is 56.1 Å². The Bertz CT molecular complexity index is 741. The molecular formula is C5H2F10O6S3. The zero-order chi connectivity index (χ0) is 20.2. The molecule has 0 aliphatic heterocycles. The van der Waals surface area contributed by atoms with Crippen LogP contribution in [0.4, 0.5) is 43.9 Å². The largest absolute Gasteiger partial charge is 0.499 e. The van der Waals surface area contributed by atoms with Crippen LogP contribution in [-0.4, -0.2) is 51.9 Å². The van der Waals surface area contributed by atoms with Gasteiger partial charge < -0.3 is 0 Å². The maximum Gasteiger partial charge on any atom is 0.499 e. The van der Waals surface area contributed by atoms with Crippen LogP contribution >= 0.6 is 0 Å². The van der Waals surface area contributed by atoms with Gasteiger partial charge in [-0.25, -0.2) is 34.0 Å². The Balaban J connectivity index is 7.14. The van der Waals surface area contributed by atoms with Crippen LogP contribution in [0, 0.1) is 0 Å². The highest BCUT2D eigenvalue weighted by Crippen LogP contribution is 2.44. The molecule has 0 spiro atoms. The molecule has 19 heteroatoms. The number of sulfone groups is 3. The number of hydrogen-bond acceptors (Lipinski definition) is 6. The summed E-state index contributed by atoms with van der Waals surface area (Å²) >= 11 is 0. The van der Waals surface area contributed by atoms with Gasteiger partial charge in [0.05, 0.1) is 0 Å². The predicted octanol–water partition coefficient (Wildman–Crippen LogP) is 1.41. The fraction of sp³-hybridized carbons (Fsp3) is 1.00. The van der Waals surface area contributed by atoms with Crippen molar-refractivity contribution in [2.75, 3.05) is 0 Å². The molecule has 0 aromatic carbocycles. The molecule has 6 nitrogen and oxygen atoms in total. The van der Waals surface area contributed by atoms with Crippen molar-refractivity contribution in [1.82, 2.24) is 0 Å². The van der Waals surface area contributed by atoms with E-state index in [-0.39, 0.29) is 0 Å². The molecule has 0 fully saturated rings. The lowest BCUT2D eigenvalue weighted by Crippen LogP contribution is -2.55. The Morgan fingerprint density at radius 1 is 0.542 bits per heavy atom. The van der Waals surface area contributed by atoms with Gasteiger partial charge >= 0.3 is 22.7 Å². The molecule has 0 saturated heterocycles. The Labute approximate surface area is 126 Å². The fourth-order valence-electron chi connectivity index (χ4n) is 0.971. The molecule has 0 aliphatic carbocycles. The first-order valence-electron chi connectivity index (χ1n) is 4.56. The maximum atomic E-state index is 12.8. The first-order valence-corrected chi connectivity index (χ1v) is 9.20. The van der Waals surface area contributed by atoms with Gasteiger partial charge in [0.25, 0.3) is 33.4 Å². The second kappa shape index (κ2) is 5.85. The first kappa shape index (κ1) is 23.1. The van der Waals surface area contributed by atoms with Gasteiger partial charge in [0, 0.05) is 0 Å². The minimum atomic E-state index is -8.08. The molecule has 0 rings (SSSR count). The highest BCUT2D eigenvalue weighted by Gasteiger charge is 2.74. The van der Waals surface area contributed by atoms with Crippen molar-refractivity contribution in [3.05, 3.63) is 0 Å². The van der Waals surface area contributed by atoms with Crippen molar-refractivity contribution in [3.63, 3.8) is 0 Å². The Kier molecular flexibility index (Phi) is 5.64. The molecule has 0 bridgehead atoms. The normalized spacial score (nSPS) is 16.0. The minimum absolute atomic E-state index is 5.53. The summed E-state index contributed by atoms with van der Waals surface area (Å²) in [5, 5.41) is -6.85. The van der Waals surface area contributed by atoms with Crippen molar-refractivity contribution in [2.45, 2.75) is 26.6 Å². The van der Waals surface area contributed by atoms with Crippen LogP contribution in [0.25, 0.3) is 0 Å². The minimum Gasteiger partial charge on any atom is -0.220 e. The lowest BCUT2D eigenvalue weighted by Gasteiger charge is -2.24. The van der Waals surface area contributed by atoms with E-state index in [4.69, 9.17) is 0 Å². The third kappa shape index (κ3) is 3.41. The number of hydrogen-bond donors (Lipinski definition) is 0. The van der Waals surface area contributed by atoms with E-state index in [1.807, 2.05) is 0 Å². The average molecular weight is 444 g/mol. The van der Waals surface area contributed by atoms with Crippen molar-refractivity contribution < 1.29 is 69.2 Å². The summed E-state index contributed by atoms with van der Waals surface area (Å²) in [4.78, 5) is 0. The maximum absolute atomic E-state index is 12.8. The zero-order valence-corrected chi connectivity index (χ0v) is 12.6. The van der Waals surface area contributed by atoms with E-state index in [0.29, 0.717) is 0 Å². The number of halogens is 10. The van der Waals surface area contributed by atoms with E-state index in [2.05, 4.69) is 0 Å². The second-order valence-corrected chi connectivity index (χ2v) is 10.7. The van der Waals surface area contributed by atoms with E-state index >= 15 is 0 Å². The fourth-order valence-corrected chi connectivity index (χ4v) is 7.99. The summed E-state index contributed by atoms with van der Waals surface area (Å²) in [5.41, 5.74) is -14.2. The van der Waals surface area contributed by atoms with E-state index in [9.17, 15) is 69.2 Å². The molecule has 0 unspecified atom stereocenters. The molecule has 0 amide bonds. The van der Waals surface area contributed by atoms with Gasteiger partial charge in [-0.3, -0.25) is 0 Å². The molecule has 0 atom stereocenters. The van der Waals surface area contributed by atoms with Gasteiger partial charge in [0.1, 0.15) is 0 Å². The number of alkyl halides is 10. The van der Waals surface area contributed by atoms with Crippen molar-refractivity contribution in [2.24, 2.45) is 0 Å². The molecule has 0 aliphatic rings. The van der Waals surface area contributed by atoms with Crippen LogP contribution in [0.1, 0.15) is 0 Å². The summed E-state index contributed by atoms with van der Waals surface area (Å²) in [5.74, 6) is 0. The molecule has 146 valence electrons. The summed E-state index contributed by atoms with van der Waals surface area (Å²) in [6.07, 6.45) is -5.53. The standard InChI is InChI=1S/C5H2F10O6S3/c6-1(7)3(8,9)22(16,17)2(23(18,19)4(10,11)12)24(20,21)5(13,14)15/h1-2H. The molecule has 24 heavy (non-hydrogen) atoms. The summed E-state index contributed by atoms with van der Waals surface area (Å²) in [6, 6.07) is 0. The smallest absolute Gasteiger partial charge is 0.220 e. The number of rotatable bonds is 5. The van der Waals surface area contributed by atoms with E-state index in [1.165, 1.54) is 0 Å². The van der Waals surface area contributed by atoms with Crippen LogP contribution in [0.2, 0.25) is 0 Å². The lowest BCUT2D eigenvalue weighted by molar-refractivity contribution is -0.0644. The molecule has 0 heterocycles. The Morgan fingerprint density at radius 3 is 0.958 bits per heavy atom. The highest BCUT2D eigenvalue weighted by molar-refractivity contribution is 8.25. The van der Waals surface area contributed by atoms with Gasteiger partial charge in [0.15, 0.2) is 0 Å². The van der Waals surface area contributed by atoms with Crippen molar-refractivity contribution in [1.29, 1.82) is 0 Å². The van der Waals surface area contributed by atoms with Gasteiger partial charge in [0.2, 0.25) is 0 Å². The Hall–Kier alpha value is -0.850. The van der Waals surface area contributed by atoms with Crippen molar-refractivity contribution in [3.8, 4) is 0 Å². The van der Waals surface area contributed by atoms with Crippen molar-refractivity contribution >= 4 is 29.5 Å². The molecule has 0 saturated carbocycles. The predicted molar refractivity (Wildman–Crippen MR) is 53.6 cm³/mol. The topological polar surface area (TPSA) is 102 Å². The molecule has 0 aromatic rings. The van der Waals surface area contributed by atoms with Gasteiger partial charge in [-0.2, -0.15) is 35.1 Å². The van der Waals surface area contributed by atoms with Gasteiger partial charge in [-0.05, 0) is 0 Å². The third-order valence-electron chi connectivity index (χ3n) is 2.04. The van der Waals surface area contributed by atoms with Crippen LogP contribution in [0.5, 0.6) is 0 Å². The first-order chi connectivity index (χ1) is 10.1. The zero-order valence-electron chi connectivity index (χ0n) is 10.1. The van der Waals surface area contributed by atoms with Crippen LogP contribution in [-0.2, 0) is 29.5 Å². The van der Waals surface area contributed by atoms with E-state index in [1.54, 1.807) is 0 Å². The second-order valence-electron chi connectivity index (χ2n) is 3.68. The quantitative estimate of drug-likeness (QED) is 0.595. The van der Waals surface area contributed by atoms with Gasteiger partial charge in [-0.1, -0.05) is 0 Å². The molecule has 0 N–H and O–H groups in total. The summed E-state index contributed by atoms with van der Waals surface area (Å²) in [7, 11) is -24.2. The van der Waals surface area contributed by atoms with Gasteiger partial charge in [-0.15, -0.1) is 0 Å². The van der Waals surface area contributed by atoms with Crippen LogP contribution in [0.3, 0.4) is 0 Å². The SMILES string of the molecule is O=S(=O)(C(S(=O)(=O)C(F)(F)F)S(=O)(=O)C(F)(F)C(F)F)C(F)(F)F. The molecular weight excluding hydrogens is 442 g/mol. The lowest BCUT2D eigenvalue weighted by atomic mass is 10.7. The highest BCUT2D eigenvalue weighted by atomic mass is 32.3. The molecule has 0 radical (unpaired) electrons. The average Bonchev–Trinajstić information content (AvgIpc) is 2.23. The third-order valence-corrected chi connectivity index (χ3v) is 10.3.